The summed E-state index contributed by atoms with van der Waals surface area (Å²) in [5, 5.41) is 17.8. The van der Waals surface area contributed by atoms with E-state index < -0.39 is 6.10 Å². The van der Waals surface area contributed by atoms with Crippen LogP contribution in [0.1, 0.15) is 26.2 Å². The maximum atomic E-state index is 9.18. The normalized spacial score (nSPS) is 34.7. The second kappa shape index (κ2) is 5.07. The Morgan fingerprint density at radius 3 is 2.79 bits per heavy atom. The van der Waals surface area contributed by atoms with Gasteiger partial charge in [0.2, 0.25) is 0 Å². The minimum atomic E-state index is -0.783. The summed E-state index contributed by atoms with van der Waals surface area (Å²) in [6.45, 7) is 2.61. The smallest absolute Gasteiger partial charge is 0.100 e. The summed E-state index contributed by atoms with van der Waals surface area (Å²) in [6.07, 6.45) is 2.27. The van der Waals surface area contributed by atoms with Crippen molar-refractivity contribution < 1.29 is 14.9 Å². The van der Waals surface area contributed by atoms with E-state index in [9.17, 15) is 5.11 Å². The maximum absolute atomic E-state index is 9.18. The summed E-state index contributed by atoms with van der Waals surface area (Å²) in [6, 6.07) is 0. The lowest BCUT2D eigenvalue weighted by molar-refractivity contribution is -0.0821. The van der Waals surface area contributed by atoms with Crippen molar-refractivity contribution in [3.8, 4) is 0 Å². The average molecular weight is 203 g/mol. The molecule has 4 heteroatoms. The van der Waals surface area contributed by atoms with Crippen LogP contribution in [0.15, 0.2) is 0 Å². The lowest BCUT2D eigenvalue weighted by Gasteiger charge is -2.29. The highest BCUT2D eigenvalue weighted by molar-refractivity contribution is 4.90. The number of rotatable bonds is 5. The molecule has 0 aromatic rings. The van der Waals surface area contributed by atoms with E-state index in [-0.39, 0.29) is 18.8 Å². The van der Waals surface area contributed by atoms with E-state index in [1.54, 1.807) is 0 Å². The second-order valence-electron chi connectivity index (χ2n) is 4.38. The van der Waals surface area contributed by atoms with Gasteiger partial charge in [-0.05, 0) is 25.2 Å². The third-order valence-corrected chi connectivity index (χ3v) is 2.98. The minimum absolute atomic E-state index is 0.181. The first-order valence-corrected chi connectivity index (χ1v) is 5.25. The molecule has 0 aromatic heterocycles. The molecule has 0 aromatic carbocycles. The van der Waals surface area contributed by atoms with Crippen molar-refractivity contribution in [3.63, 3.8) is 0 Å². The van der Waals surface area contributed by atoms with Crippen LogP contribution in [0.5, 0.6) is 0 Å². The number of aliphatic hydroxyl groups is 2. The van der Waals surface area contributed by atoms with Crippen molar-refractivity contribution in [1.82, 2.24) is 0 Å². The Balaban J connectivity index is 2.38. The van der Waals surface area contributed by atoms with Crippen molar-refractivity contribution in [1.29, 1.82) is 0 Å². The Kier molecular flexibility index (Phi) is 4.31. The zero-order chi connectivity index (χ0) is 10.6. The van der Waals surface area contributed by atoms with Gasteiger partial charge in [0.15, 0.2) is 0 Å². The van der Waals surface area contributed by atoms with Crippen LogP contribution >= 0.6 is 0 Å². The fraction of sp³-hybridized carbons (Fsp3) is 1.00. The third-order valence-electron chi connectivity index (χ3n) is 2.98. The molecule has 14 heavy (non-hydrogen) atoms. The van der Waals surface area contributed by atoms with E-state index in [0.29, 0.717) is 12.5 Å². The van der Waals surface area contributed by atoms with Crippen molar-refractivity contribution in [2.45, 2.75) is 37.9 Å². The third kappa shape index (κ3) is 2.92. The largest absolute Gasteiger partial charge is 0.394 e. The van der Waals surface area contributed by atoms with Crippen LogP contribution < -0.4 is 5.73 Å². The molecule has 3 atom stereocenters. The maximum Gasteiger partial charge on any atom is 0.100 e. The van der Waals surface area contributed by atoms with E-state index in [4.69, 9.17) is 15.6 Å². The molecule has 3 unspecified atom stereocenters. The first kappa shape index (κ1) is 11.9. The van der Waals surface area contributed by atoms with Crippen molar-refractivity contribution >= 4 is 0 Å². The lowest BCUT2D eigenvalue weighted by Crippen LogP contribution is -2.40. The van der Waals surface area contributed by atoms with Gasteiger partial charge >= 0.3 is 0 Å². The van der Waals surface area contributed by atoms with Crippen LogP contribution in [0.4, 0.5) is 0 Å². The molecule has 1 saturated carbocycles. The first-order chi connectivity index (χ1) is 6.62. The summed E-state index contributed by atoms with van der Waals surface area (Å²) in [5.41, 5.74) is 5.44. The van der Waals surface area contributed by atoms with Gasteiger partial charge < -0.3 is 20.7 Å². The summed E-state index contributed by atoms with van der Waals surface area (Å²) >= 11 is 0. The predicted molar refractivity (Wildman–Crippen MR) is 53.8 cm³/mol. The van der Waals surface area contributed by atoms with Crippen LogP contribution in [0.2, 0.25) is 0 Å². The highest BCUT2D eigenvalue weighted by atomic mass is 16.5. The monoisotopic (exact) mass is 203 g/mol. The standard InChI is InChI=1S/C10H21NO3/c1-8-2-3-10(4-8,7-11)14-6-9(13)5-12/h8-9,12-13H,2-7,11H2,1H3. The zero-order valence-electron chi connectivity index (χ0n) is 8.78. The summed E-state index contributed by atoms with van der Waals surface area (Å²) < 4.78 is 5.63. The van der Waals surface area contributed by atoms with Crippen LogP contribution in [0, 0.1) is 5.92 Å². The summed E-state index contributed by atoms with van der Waals surface area (Å²) in [4.78, 5) is 0. The number of hydrogen-bond acceptors (Lipinski definition) is 4. The minimum Gasteiger partial charge on any atom is -0.394 e. The molecule has 0 radical (unpaired) electrons. The van der Waals surface area contributed by atoms with E-state index in [0.717, 1.165) is 19.3 Å². The highest BCUT2D eigenvalue weighted by Crippen LogP contribution is 2.36. The van der Waals surface area contributed by atoms with Gasteiger partial charge in [0.25, 0.3) is 0 Å². The molecule has 4 N–H and O–H groups in total. The molecular formula is C10H21NO3. The number of ether oxygens (including phenoxy) is 1. The number of nitrogens with two attached hydrogens (primary N) is 1. The van der Waals surface area contributed by atoms with Gasteiger partial charge in [0, 0.05) is 6.54 Å². The van der Waals surface area contributed by atoms with Gasteiger partial charge in [0.05, 0.1) is 18.8 Å². The molecule has 0 heterocycles. The van der Waals surface area contributed by atoms with Crippen LogP contribution in [0.25, 0.3) is 0 Å². The summed E-state index contributed by atoms with van der Waals surface area (Å²) in [5.74, 6) is 0.643. The predicted octanol–water partition coefficient (Wildman–Crippen LogP) is -0.126. The highest BCUT2D eigenvalue weighted by Gasteiger charge is 2.37. The van der Waals surface area contributed by atoms with Crippen LogP contribution in [-0.2, 0) is 4.74 Å². The van der Waals surface area contributed by atoms with Crippen LogP contribution in [0.3, 0.4) is 0 Å². The molecule has 0 amide bonds. The molecule has 84 valence electrons. The molecule has 0 spiro atoms. The number of aliphatic hydroxyl groups excluding tert-OH is 2. The van der Waals surface area contributed by atoms with E-state index in [2.05, 4.69) is 6.92 Å². The Hall–Kier alpha value is -0.160. The molecule has 1 aliphatic rings. The molecule has 1 fully saturated rings. The fourth-order valence-electron chi connectivity index (χ4n) is 2.05. The van der Waals surface area contributed by atoms with Gasteiger partial charge in [-0.1, -0.05) is 6.92 Å². The molecule has 0 aliphatic heterocycles. The molecular weight excluding hydrogens is 182 g/mol. The fourth-order valence-corrected chi connectivity index (χ4v) is 2.05. The Morgan fingerprint density at radius 2 is 2.36 bits per heavy atom. The zero-order valence-corrected chi connectivity index (χ0v) is 8.78. The van der Waals surface area contributed by atoms with Crippen molar-refractivity contribution in [2.75, 3.05) is 19.8 Å². The average Bonchev–Trinajstić information content (AvgIpc) is 2.57. The second-order valence-corrected chi connectivity index (χ2v) is 4.38. The molecule has 4 nitrogen and oxygen atoms in total. The molecule has 1 aliphatic carbocycles. The Morgan fingerprint density at radius 1 is 1.64 bits per heavy atom. The quantitative estimate of drug-likeness (QED) is 0.582. The van der Waals surface area contributed by atoms with Gasteiger partial charge in [-0.25, -0.2) is 0 Å². The molecule has 0 saturated heterocycles. The first-order valence-electron chi connectivity index (χ1n) is 5.25. The topological polar surface area (TPSA) is 75.7 Å². The molecule has 1 rings (SSSR count). The van der Waals surface area contributed by atoms with E-state index >= 15 is 0 Å². The number of hydrogen-bond donors (Lipinski definition) is 3. The van der Waals surface area contributed by atoms with Crippen molar-refractivity contribution in [2.24, 2.45) is 11.7 Å². The van der Waals surface area contributed by atoms with E-state index in [1.165, 1.54) is 0 Å². The van der Waals surface area contributed by atoms with Gasteiger partial charge in [-0.3, -0.25) is 0 Å². The van der Waals surface area contributed by atoms with Crippen molar-refractivity contribution in [3.05, 3.63) is 0 Å². The lowest BCUT2D eigenvalue weighted by atomic mass is 10.0. The Bertz CT molecular complexity index is 177. The molecule has 0 bridgehead atoms. The summed E-state index contributed by atoms with van der Waals surface area (Å²) in [7, 11) is 0. The van der Waals surface area contributed by atoms with Crippen LogP contribution in [-0.4, -0.2) is 41.7 Å². The van der Waals surface area contributed by atoms with Gasteiger partial charge in [0.1, 0.15) is 6.10 Å². The van der Waals surface area contributed by atoms with Gasteiger partial charge in [-0.15, -0.1) is 0 Å². The SMILES string of the molecule is CC1CCC(CN)(OCC(O)CO)C1. The Labute approximate surface area is 85.1 Å². The van der Waals surface area contributed by atoms with E-state index in [1.807, 2.05) is 0 Å². The van der Waals surface area contributed by atoms with Gasteiger partial charge in [-0.2, -0.15) is 0 Å².